The van der Waals surface area contributed by atoms with Crippen LogP contribution in [0.25, 0.3) is 0 Å². The summed E-state index contributed by atoms with van der Waals surface area (Å²) in [7, 11) is 0. The Morgan fingerprint density at radius 3 is 1.19 bits per heavy atom. The minimum absolute atomic E-state index is 0.0787. The average molecular weight is 875 g/mol. The van der Waals surface area contributed by atoms with Gasteiger partial charge in [0.25, 0.3) is 0 Å². The number of hydrogen-bond acceptors (Lipinski definition) is 10. The number of aliphatic hydroxyl groups is 4. The van der Waals surface area contributed by atoms with Crippen molar-refractivity contribution >= 4 is 11.9 Å². The second-order valence-corrected chi connectivity index (χ2v) is 14.7. The van der Waals surface area contributed by atoms with Gasteiger partial charge in [-0.3, -0.25) is 9.59 Å². The molecule has 0 radical (unpaired) electrons. The lowest BCUT2D eigenvalue weighted by Gasteiger charge is -2.39. The lowest BCUT2D eigenvalue weighted by atomic mass is 9.99. The van der Waals surface area contributed by atoms with Gasteiger partial charge in [-0.1, -0.05) is 160 Å². The molecule has 1 saturated heterocycles. The maximum absolute atomic E-state index is 12.8. The number of carbonyl (C=O) groups excluding carboxylic acids is 2. The topological polar surface area (TPSA) is 152 Å². The van der Waals surface area contributed by atoms with Crippen molar-refractivity contribution in [2.75, 3.05) is 19.8 Å². The van der Waals surface area contributed by atoms with Crippen LogP contribution in [0.4, 0.5) is 0 Å². The number of ether oxygens (including phenoxy) is 4. The number of carbonyl (C=O) groups is 2. The SMILES string of the molecule is CC/C=C/C/C=C/C/C=C/C/C=C/C/C=C/C/C=C/CCC(=O)OC[C@@H](CO[C@H]1O[C@@H](CO)[C@@H](O)C(O)C1O)OC(=O)CC/C=C/C/C=C/C/C=C/C/C=C/C/C=C/C/C=C/CC. The van der Waals surface area contributed by atoms with E-state index in [-0.39, 0.29) is 26.1 Å². The van der Waals surface area contributed by atoms with E-state index in [1.54, 1.807) is 0 Å². The fourth-order valence-electron chi connectivity index (χ4n) is 5.71. The average Bonchev–Trinajstić information content (AvgIpc) is 3.28. The van der Waals surface area contributed by atoms with Crippen LogP contribution in [-0.4, -0.2) is 89.0 Å². The molecular weight excluding hydrogens is 797 g/mol. The normalized spacial score (nSPS) is 20.9. The van der Waals surface area contributed by atoms with Crippen molar-refractivity contribution in [3.05, 3.63) is 146 Å². The molecule has 1 aliphatic heterocycles. The molecule has 0 spiro atoms. The van der Waals surface area contributed by atoms with E-state index in [1.807, 2.05) is 24.3 Å². The molecule has 6 atom stereocenters. The van der Waals surface area contributed by atoms with Gasteiger partial charge in [-0.15, -0.1) is 0 Å². The fourth-order valence-corrected chi connectivity index (χ4v) is 5.71. The zero-order chi connectivity index (χ0) is 45.9. The van der Waals surface area contributed by atoms with Crippen LogP contribution in [0.1, 0.15) is 117 Å². The van der Waals surface area contributed by atoms with Crippen molar-refractivity contribution in [3.63, 3.8) is 0 Å². The Bertz CT molecular complexity index is 1520. The minimum Gasteiger partial charge on any atom is -0.462 e. The first kappa shape index (κ1) is 56.6. The number of esters is 2. The molecule has 0 saturated carbocycles. The monoisotopic (exact) mass is 875 g/mol. The zero-order valence-corrected chi connectivity index (χ0v) is 38.0. The second-order valence-electron chi connectivity index (χ2n) is 14.7. The van der Waals surface area contributed by atoms with Gasteiger partial charge in [0.1, 0.15) is 31.0 Å². The van der Waals surface area contributed by atoms with E-state index in [9.17, 15) is 30.0 Å². The minimum atomic E-state index is -1.63. The number of aliphatic hydroxyl groups excluding tert-OH is 4. The molecule has 0 aromatic carbocycles. The molecule has 1 aliphatic rings. The van der Waals surface area contributed by atoms with Crippen LogP contribution >= 0.6 is 0 Å². The van der Waals surface area contributed by atoms with Gasteiger partial charge in [-0.25, -0.2) is 0 Å². The van der Waals surface area contributed by atoms with Gasteiger partial charge in [0.2, 0.25) is 0 Å². The second kappa shape index (κ2) is 41.6. The first-order valence-corrected chi connectivity index (χ1v) is 22.9. The van der Waals surface area contributed by atoms with Gasteiger partial charge >= 0.3 is 11.9 Å². The molecule has 2 unspecified atom stereocenters. The van der Waals surface area contributed by atoms with Crippen molar-refractivity contribution in [2.45, 2.75) is 153 Å². The molecular formula is C53H78O10. The van der Waals surface area contributed by atoms with Crippen molar-refractivity contribution in [1.82, 2.24) is 0 Å². The molecule has 1 fully saturated rings. The third-order valence-corrected chi connectivity index (χ3v) is 9.25. The summed E-state index contributed by atoms with van der Waals surface area (Å²) >= 11 is 0. The highest BCUT2D eigenvalue weighted by atomic mass is 16.7. The van der Waals surface area contributed by atoms with Crippen LogP contribution in [0.2, 0.25) is 0 Å². The Morgan fingerprint density at radius 1 is 0.476 bits per heavy atom. The Hall–Kier alpha value is -4.42. The zero-order valence-electron chi connectivity index (χ0n) is 38.0. The standard InChI is InChI=1S/C53H78O10/c1-3-5-7-9-11-13-15-17-19-21-23-25-27-29-31-33-35-37-39-41-48(55)60-44-46(45-61-53-52(59)51(58)50(57)47(43-54)63-53)62-49(56)42-40-38-36-34-32-30-28-26-24-22-20-18-16-14-12-10-8-6-4-2/h5-8,11-14,17-20,23-26,29-32,35-38,46-47,50-54,57-59H,3-4,9-10,15-16,21-22,27-28,33-34,39-45H2,1-2H3/b7-5+,8-6+,13-11+,14-12+,19-17+,20-18+,25-23+,26-24+,31-29+,32-30+,37-35+,38-36+/t46-,47-,50+,51?,52?,53-/m0/s1. The quantitative estimate of drug-likeness (QED) is 0.0358. The summed E-state index contributed by atoms with van der Waals surface area (Å²) in [6, 6.07) is 0. The lowest BCUT2D eigenvalue weighted by Crippen LogP contribution is -2.59. The largest absolute Gasteiger partial charge is 0.462 e. The summed E-state index contributed by atoms with van der Waals surface area (Å²) in [5.74, 6) is -1.02. The van der Waals surface area contributed by atoms with E-state index >= 15 is 0 Å². The van der Waals surface area contributed by atoms with Crippen LogP contribution in [0, 0.1) is 0 Å². The van der Waals surface area contributed by atoms with E-state index in [2.05, 4.69) is 135 Å². The molecule has 0 aliphatic carbocycles. The summed E-state index contributed by atoms with van der Waals surface area (Å²) in [5.41, 5.74) is 0. The third-order valence-electron chi connectivity index (χ3n) is 9.25. The van der Waals surface area contributed by atoms with Crippen LogP contribution in [0.3, 0.4) is 0 Å². The molecule has 1 rings (SSSR count). The molecule has 0 aromatic heterocycles. The van der Waals surface area contributed by atoms with Gasteiger partial charge in [0.15, 0.2) is 12.4 Å². The molecule has 350 valence electrons. The van der Waals surface area contributed by atoms with Gasteiger partial charge in [-0.2, -0.15) is 0 Å². The van der Waals surface area contributed by atoms with E-state index in [0.717, 1.165) is 77.0 Å². The summed E-state index contributed by atoms with van der Waals surface area (Å²) in [6.45, 7) is 3.01. The summed E-state index contributed by atoms with van der Waals surface area (Å²) in [5, 5.41) is 40.1. The van der Waals surface area contributed by atoms with Crippen molar-refractivity contribution in [1.29, 1.82) is 0 Å². The first-order chi connectivity index (χ1) is 30.8. The molecule has 0 amide bonds. The van der Waals surface area contributed by atoms with E-state index in [0.29, 0.717) is 12.8 Å². The Kier molecular flexibility index (Phi) is 37.4. The van der Waals surface area contributed by atoms with E-state index in [1.165, 1.54) is 0 Å². The van der Waals surface area contributed by atoms with Gasteiger partial charge in [-0.05, 0) is 89.9 Å². The number of rotatable bonds is 35. The van der Waals surface area contributed by atoms with E-state index < -0.39 is 55.4 Å². The van der Waals surface area contributed by atoms with E-state index in [4.69, 9.17) is 18.9 Å². The maximum atomic E-state index is 12.8. The van der Waals surface area contributed by atoms with Crippen LogP contribution in [-0.2, 0) is 28.5 Å². The Morgan fingerprint density at radius 2 is 0.825 bits per heavy atom. The predicted octanol–water partition coefficient (Wildman–Crippen LogP) is 10.2. The van der Waals surface area contributed by atoms with Crippen molar-refractivity contribution in [3.8, 4) is 0 Å². The smallest absolute Gasteiger partial charge is 0.306 e. The molecule has 63 heavy (non-hydrogen) atoms. The Labute approximate surface area is 378 Å². The van der Waals surface area contributed by atoms with Gasteiger partial charge < -0.3 is 39.4 Å². The van der Waals surface area contributed by atoms with Crippen molar-refractivity contribution in [2.24, 2.45) is 0 Å². The predicted molar refractivity (Wildman–Crippen MR) is 255 cm³/mol. The molecule has 0 aromatic rings. The molecule has 4 N–H and O–H groups in total. The maximum Gasteiger partial charge on any atom is 0.306 e. The summed E-state index contributed by atoms with van der Waals surface area (Å²) in [6.07, 6.45) is 54.5. The van der Waals surface area contributed by atoms with Gasteiger partial charge in [0.05, 0.1) is 13.2 Å². The van der Waals surface area contributed by atoms with Crippen LogP contribution in [0.5, 0.6) is 0 Å². The van der Waals surface area contributed by atoms with Gasteiger partial charge in [0, 0.05) is 12.8 Å². The van der Waals surface area contributed by atoms with Crippen LogP contribution < -0.4 is 0 Å². The Balaban J connectivity index is 2.45. The van der Waals surface area contributed by atoms with Crippen molar-refractivity contribution < 1.29 is 49.0 Å². The number of allylic oxidation sites excluding steroid dienone is 24. The highest BCUT2D eigenvalue weighted by Gasteiger charge is 2.44. The number of hydrogen-bond donors (Lipinski definition) is 4. The third kappa shape index (κ3) is 32.9. The summed E-state index contributed by atoms with van der Waals surface area (Å²) < 4.78 is 22.0. The van der Waals surface area contributed by atoms with Crippen LogP contribution in [0.15, 0.2) is 146 Å². The lowest BCUT2D eigenvalue weighted by molar-refractivity contribution is -0.305. The highest BCUT2D eigenvalue weighted by Crippen LogP contribution is 2.22. The summed E-state index contributed by atoms with van der Waals surface area (Å²) in [4.78, 5) is 25.3. The first-order valence-electron chi connectivity index (χ1n) is 22.9. The fraction of sp³-hybridized carbons (Fsp3) is 0.509. The molecule has 10 nitrogen and oxygen atoms in total. The molecule has 0 bridgehead atoms. The highest BCUT2D eigenvalue weighted by molar-refractivity contribution is 5.70. The molecule has 1 heterocycles. The molecule has 10 heteroatoms.